The summed E-state index contributed by atoms with van der Waals surface area (Å²) in [4.78, 5) is 14.4. The number of carbonyl (C=O) groups is 1. The first kappa shape index (κ1) is 17.7. The van der Waals surface area contributed by atoms with E-state index in [1.54, 1.807) is 36.7 Å². The lowest BCUT2D eigenvalue weighted by molar-refractivity contribution is -0.133. The van der Waals surface area contributed by atoms with Gasteiger partial charge in [-0.05, 0) is 36.4 Å². The Hall–Kier alpha value is -3.15. The molecule has 0 aliphatic carbocycles. The largest absolute Gasteiger partial charge is 0.493 e. The van der Waals surface area contributed by atoms with Gasteiger partial charge in [-0.2, -0.15) is 0 Å². The Kier molecular flexibility index (Phi) is 5.98. The number of methoxy groups -OCH3 is 1. The van der Waals surface area contributed by atoms with E-state index in [4.69, 9.17) is 18.3 Å². The van der Waals surface area contributed by atoms with Crippen LogP contribution >= 0.6 is 0 Å². The van der Waals surface area contributed by atoms with E-state index in [-0.39, 0.29) is 18.9 Å². The monoisotopic (exact) mass is 355 g/mol. The highest BCUT2D eigenvalue weighted by Gasteiger charge is 2.17. The number of amides is 1. The molecule has 136 valence electrons. The van der Waals surface area contributed by atoms with Crippen molar-refractivity contribution in [2.45, 2.75) is 19.5 Å². The van der Waals surface area contributed by atoms with Crippen molar-refractivity contribution in [1.29, 1.82) is 0 Å². The fourth-order valence-electron chi connectivity index (χ4n) is 2.56. The smallest absolute Gasteiger partial charge is 0.226 e. The Bertz CT molecular complexity index is 759. The number of benzene rings is 1. The Morgan fingerprint density at radius 1 is 0.923 bits per heavy atom. The molecule has 0 spiro atoms. The van der Waals surface area contributed by atoms with Crippen LogP contribution in [0.4, 0.5) is 0 Å². The molecular formula is C20H21NO5. The van der Waals surface area contributed by atoms with Crippen molar-refractivity contribution in [3.8, 4) is 11.5 Å². The minimum absolute atomic E-state index is 0.0484. The van der Waals surface area contributed by atoms with Gasteiger partial charge in [0.05, 0.1) is 45.8 Å². The number of ether oxygens (including phenoxy) is 2. The third kappa shape index (κ3) is 4.69. The molecule has 3 rings (SSSR count). The molecule has 0 saturated carbocycles. The second-order valence-corrected chi connectivity index (χ2v) is 5.66. The molecule has 0 N–H and O–H groups in total. The average Bonchev–Trinajstić information content (AvgIpc) is 3.35. The second kappa shape index (κ2) is 8.80. The number of rotatable bonds is 9. The molecule has 1 amide bonds. The van der Waals surface area contributed by atoms with Crippen LogP contribution in [-0.4, -0.2) is 24.5 Å². The van der Waals surface area contributed by atoms with E-state index < -0.39 is 0 Å². The van der Waals surface area contributed by atoms with Gasteiger partial charge in [-0.15, -0.1) is 0 Å². The highest BCUT2D eigenvalue weighted by molar-refractivity contribution is 5.76. The third-order valence-electron chi connectivity index (χ3n) is 3.85. The molecule has 1 aromatic carbocycles. The molecule has 0 saturated heterocycles. The highest BCUT2D eigenvalue weighted by atomic mass is 16.5. The third-order valence-corrected chi connectivity index (χ3v) is 3.85. The Morgan fingerprint density at radius 2 is 1.54 bits per heavy atom. The fourth-order valence-corrected chi connectivity index (χ4v) is 2.56. The number of para-hydroxylation sites is 2. The van der Waals surface area contributed by atoms with Gasteiger partial charge in [-0.25, -0.2) is 0 Å². The molecule has 0 unspecified atom stereocenters. The summed E-state index contributed by atoms with van der Waals surface area (Å²) in [6.45, 7) is 1.01. The molecule has 0 bridgehead atoms. The fraction of sp³-hybridized carbons (Fsp3) is 0.250. The number of nitrogens with zero attached hydrogens (tertiary/aromatic N) is 1. The van der Waals surface area contributed by atoms with E-state index in [1.807, 2.05) is 36.4 Å². The van der Waals surface area contributed by atoms with Crippen LogP contribution in [0.15, 0.2) is 69.9 Å². The van der Waals surface area contributed by atoms with Gasteiger partial charge in [0.15, 0.2) is 11.5 Å². The molecular weight excluding hydrogens is 334 g/mol. The number of carbonyl (C=O) groups excluding carboxylic acids is 1. The maximum Gasteiger partial charge on any atom is 0.226 e. The second-order valence-electron chi connectivity index (χ2n) is 5.66. The van der Waals surface area contributed by atoms with Crippen LogP contribution in [0.3, 0.4) is 0 Å². The molecule has 0 aliphatic heterocycles. The van der Waals surface area contributed by atoms with Crippen LogP contribution in [0.2, 0.25) is 0 Å². The average molecular weight is 355 g/mol. The van der Waals surface area contributed by atoms with Gasteiger partial charge in [0.1, 0.15) is 11.5 Å². The number of hydrogen-bond acceptors (Lipinski definition) is 5. The highest BCUT2D eigenvalue weighted by Crippen LogP contribution is 2.25. The molecule has 6 nitrogen and oxygen atoms in total. The van der Waals surface area contributed by atoms with Crippen molar-refractivity contribution < 1.29 is 23.1 Å². The summed E-state index contributed by atoms with van der Waals surface area (Å²) in [6, 6.07) is 14.6. The molecule has 0 atom stereocenters. The number of hydrogen-bond donors (Lipinski definition) is 0. The van der Waals surface area contributed by atoms with Crippen molar-refractivity contribution in [3.63, 3.8) is 0 Å². The standard InChI is InChI=1S/C20H21NO5/c1-23-18-8-2-3-9-19(18)26-13-10-20(22)21(14-16-6-4-11-24-16)15-17-7-5-12-25-17/h2-9,11-12H,10,13-15H2,1H3. The molecule has 6 heteroatoms. The van der Waals surface area contributed by atoms with Crippen molar-refractivity contribution in [2.75, 3.05) is 13.7 Å². The number of furan rings is 2. The van der Waals surface area contributed by atoms with Gasteiger partial charge in [0.2, 0.25) is 5.91 Å². The molecule has 2 heterocycles. The predicted octanol–water partition coefficient (Wildman–Crippen LogP) is 3.88. The maximum atomic E-state index is 12.7. The van der Waals surface area contributed by atoms with Gasteiger partial charge in [-0.3, -0.25) is 4.79 Å². The van der Waals surface area contributed by atoms with E-state index in [1.165, 1.54) is 0 Å². The molecule has 2 aromatic heterocycles. The van der Waals surface area contributed by atoms with Crippen LogP contribution in [-0.2, 0) is 17.9 Å². The van der Waals surface area contributed by atoms with Gasteiger partial charge >= 0.3 is 0 Å². The summed E-state index contributed by atoms with van der Waals surface area (Å²) in [5.41, 5.74) is 0. The summed E-state index contributed by atoms with van der Waals surface area (Å²) in [7, 11) is 1.59. The van der Waals surface area contributed by atoms with E-state index in [0.29, 0.717) is 24.6 Å². The Morgan fingerprint density at radius 3 is 2.08 bits per heavy atom. The summed E-state index contributed by atoms with van der Waals surface area (Å²) in [5, 5.41) is 0. The Balaban J connectivity index is 1.59. The molecule has 26 heavy (non-hydrogen) atoms. The van der Waals surface area contributed by atoms with Crippen LogP contribution in [0, 0.1) is 0 Å². The summed E-state index contributed by atoms with van der Waals surface area (Å²) < 4.78 is 21.7. The van der Waals surface area contributed by atoms with E-state index in [0.717, 1.165) is 11.5 Å². The van der Waals surface area contributed by atoms with E-state index in [2.05, 4.69) is 0 Å². The van der Waals surface area contributed by atoms with Crippen LogP contribution in [0.1, 0.15) is 17.9 Å². The van der Waals surface area contributed by atoms with E-state index >= 15 is 0 Å². The van der Waals surface area contributed by atoms with E-state index in [9.17, 15) is 4.79 Å². The zero-order chi connectivity index (χ0) is 18.2. The predicted molar refractivity (Wildman–Crippen MR) is 94.8 cm³/mol. The molecule has 0 aliphatic rings. The SMILES string of the molecule is COc1ccccc1OCCC(=O)N(Cc1ccco1)Cc1ccco1. The van der Waals surface area contributed by atoms with Gasteiger partial charge in [0, 0.05) is 0 Å². The van der Waals surface area contributed by atoms with Gasteiger partial charge in [0.25, 0.3) is 0 Å². The minimum atomic E-state index is -0.0484. The normalized spacial score (nSPS) is 10.5. The van der Waals surface area contributed by atoms with Crippen molar-refractivity contribution in [3.05, 3.63) is 72.6 Å². The summed E-state index contributed by atoms with van der Waals surface area (Å²) in [5.74, 6) is 2.65. The quantitative estimate of drug-likeness (QED) is 0.583. The lowest BCUT2D eigenvalue weighted by Gasteiger charge is -2.21. The summed E-state index contributed by atoms with van der Waals surface area (Å²) >= 11 is 0. The molecule has 0 radical (unpaired) electrons. The van der Waals surface area contributed by atoms with Crippen molar-refractivity contribution in [1.82, 2.24) is 4.90 Å². The van der Waals surface area contributed by atoms with Crippen molar-refractivity contribution >= 4 is 5.91 Å². The zero-order valence-electron chi connectivity index (χ0n) is 14.6. The van der Waals surface area contributed by atoms with Crippen LogP contribution in [0.25, 0.3) is 0 Å². The van der Waals surface area contributed by atoms with Crippen LogP contribution < -0.4 is 9.47 Å². The molecule has 3 aromatic rings. The van der Waals surface area contributed by atoms with Gasteiger partial charge in [-0.1, -0.05) is 12.1 Å². The summed E-state index contributed by atoms with van der Waals surface area (Å²) in [6.07, 6.45) is 3.42. The Labute approximate surface area is 151 Å². The first-order valence-electron chi connectivity index (χ1n) is 8.34. The topological polar surface area (TPSA) is 65.1 Å². The van der Waals surface area contributed by atoms with Gasteiger partial charge < -0.3 is 23.2 Å². The maximum absolute atomic E-state index is 12.7. The minimum Gasteiger partial charge on any atom is -0.493 e. The first-order valence-corrected chi connectivity index (χ1v) is 8.34. The first-order chi connectivity index (χ1) is 12.8. The lowest BCUT2D eigenvalue weighted by atomic mass is 10.3. The zero-order valence-corrected chi connectivity index (χ0v) is 14.6. The van der Waals surface area contributed by atoms with Crippen molar-refractivity contribution in [2.24, 2.45) is 0 Å². The van der Waals surface area contributed by atoms with Crippen LogP contribution in [0.5, 0.6) is 11.5 Å². The lowest BCUT2D eigenvalue weighted by Crippen LogP contribution is -2.30. The molecule has 0 fully saturated rings.